The number of para-hydroxylation sites is 1. The van der Waals surface area contributed by atoms with Crippen molar-refractivity contribution in [3.05, 3.63) is 83.7 Å². The average molecular weight is 415 g/mol. The van der Waals surface area contributed by atoms with Gasteiger partial charge in [0.15, 0.2) is 5.89 Å². The molecule has 1 N–H and O–H groups in total. The molecule has 0 bridgehead atoms. The molecule has 3 heterocycles. The summed E-state index contributed by atoms with van der Waals surface area (Å²) in [5.74, 6) is 2.54. The fraction of sp³-hybridized carbons (Fsp3) is 0.280. The zero-order valence-corrected chi connectivity index (χ0v) is 17.5. The lowest BCUT2D eigenvalue weighted by Gasteiger charge is -2.31. The van der Waals surface area contributed by atoms with Crippen molar-refractivity contribution in [2.45, 2.75) is 25.2 Å². The zero-order valence-electron chi connectivity index (χ0n) is 17.5. The van der Waals surface area contributed by atoms with E-state index in [1.807, 2.05) is 59.5 Å². The molecule has 2 aromatic carbocycles. The number of carbonyl (C=O) groups excluding carboxylic acids is 1. The van der Waals surface area contributed by atoms with Crippen LogP contribution in [-0.2, 0) is 6.42 Å². The summed E-state index contributed by atoms with van der Waals surface area (Å²) >= 11 is 0. The van der Waals surface area contributed by atoms with Gasteiger partial charge in [0.25, 0.3) is 5.91 Å². The lowest BCUT2D eigenvalue weighted by molar-refractivity contribution is 0.0693. The molecule has 0 aliphatic carbocycles. The monoisotopic (exact) mass is 415 g/mol. The first-order valence-corrected chi connectivity index (χ1v) is 10.6. The van der Waals surface area contributed by atoms with Gasteiger partial charge in [-0.25, -0.2) is 4.98 Å². The number of likely N-dealkylation sites (tertiary alicyclic amines) is 1. The highest BCUT2D eigenvalue weighted by atomic mass is 16.5. The van der Waals surface area contributed by atoms with E-state index in [-0.39, 0.29) is 11.8 Å². The minimum atomic E-state index is 0.0333. The number of aromatic nitrogens is 2. The Balaban J connectivity index is 1.27. The van der Waals surface area contributed by atoms with Gasteiger partial charge in [-0.15, -0.1) is 0 Å². The Morgan fingerprint density at radius 3 is 2.87 bits per heavy atom. The van der Waals surface area contributed by atoms with Crippen molar-refractivity contribution >= 4 is 16.8 Å². The number of nitrogens with one attached hydrogen (secondary N) is 1. The van der Waals surface area contributed by atoms with Gasteiger partial charge < -0.3 is 19.0 Å². The van der Waals surface area contributed by atoms with Crippen LogP contribution >= 0.6 is 0 Å². The van der Waals surface area contributed by atoms with E-state index >= 15 is 0 Å². The Kier molecular flexibility index (Phi) is 5.20. The number of carbonyl (C=O) groups is 1. The SMILES string of the molecule is COc1ccc(Cc2cnc([C@@H]3CCCN(C(=O)c4cc5ccccc5[nH]4)C3)o2)cc1. The second kappa shape index (κ2) is 8.30. The Bertz CT molecular complexity index is 1160. The molecule has 4 aromatic rings. The molecule has 1 aliphatic heterocycles. The summed E-state index contributed by atoms with van der Waals surface area (Å²) in [5, 5.41) is 1.05. The third-order valence-corrected chi connectivity index (χ3v) is 5.93. The maximum absolute atomic E-state index is 13.1. The van der Waals surface area contributed by atoms with Crippen molar-refractivity contribution in [3.8, 4) is 5.75 Å². The quantitative estimate of drug-likeness (QED) is 0.509. The first-order chi connectivity index (χ1) is 15.2. The summed E-state index contributed by atoms with van der Waals surface area (Å²) in [6, 6.07) is 17.8. The maximum Gasteiger partial charge on any atom is 0.270 e. The molecular weight excluding hydrogens is 390 g/mol. The number of piperidine rings is 1. The first kappa shape index (κ1) is 19.4. The number of aromatic amines is 1. The Morgan fingerprint density at radius 1 is 1.23 bits per heavy atom. The Hall–Kier alpha value is -3.54. The molecule has 0 saturated carbocycles. The van der Waals surface area contributed by atoms with E-state index in [0.717, 1.165) is 53.3 Å². The predicted octanol–water partition coefficient (Wildman–Crippen LogP) is 4.78. The molecule has 158 valence electrons. The Labute approximate surface area is 180 Å². The molecule has 6 heteroatoms. The van der Waals surface area contributed by atoms with Crippen molar-refractivity contribution in [1.29, 1.82) is 0 Å². The zero-order chi connectivity index (χ0) is 21.2. The number of benzene rings is 2. The molecule has 0 radical (unpaired) electrons. The number of hydrogen-bond donors (Lipinski definition) is 1. The number of oxazole rings is 1. The summed E-state index contributed by atoms with van der Waals surface area (Å²) < 4.78 is 11.3. The molecule has 2 aromatic heterocycles. The molecular formula is C25H25N3O3. The molecule has 0 unspecified atom stereocenters. The van der Waals surface area contributed by atoms with Gasteiger partial charge >= 0.3 is 0 Å². The number of methoxy groups -OCH3 is 1. The minimum absolute atomic E-state index is 0.0333. The van der Waals surface area contributed by atoms with Crippen molar-refractivity contribution in [2.24, 2.45) is 0 Å². The summed E-state index contributed by atoms with van der Waals surface area (Å²) in [5.41, 5.74) is 2.76. The van der Waals surface area contributed by atoms with Crippen molar-refractivity contribution in [2.75, 3.05) is 20.2 Å². The van der Waals surface area contributed by atoms with Crippen LogP contribution in [0.2, 0.25) is 0 Å². The predicted molar refractivity (Wildman–Crippen MR) is 118 cm³/mol. The smallest absolute Gasteiger partial charge is 0.270 e. The number of hydrogen-bond acceptors (Lipinski definition) is 4. The van der Waals surface area contributed by atoms with Crippen LogP contribution in [0.3, 0.4) is 0 Å². The summed E-state index contributed by atoms with van der Waals surface area (Å²) in [7, 11) is 1.66. The van der Waals surface area contributed by atoms with Gasteiger partial charge in [-0.1, -0.05) is 30.3 Å². The highest BCUT2D eigenvalue weighted by molar-refractivity contribution is 5.98. The van der Waals surface area contributed by atoms with E-state index in [9.17, 15) is 4.79 Å². The van der Waals surface area contributed by atoms with Crippen LogP contribution in [0.4, 0.5) is 0 Å². The van der Waals surface area contributed by atoms with E-state index in [0.29, 0.717) is 18.7 Å². The van der Waals surface area contributed by atoms with E-state index in [1.165, 1.54) is 0 Å². The molecule has 1 atom stereocenters. The number of fused-ring (bicyclic) bond motifs is 1. The van der Waals surface area contributed by atoms with Crippen LogP contribution in [0.25, 0.3) is 10.9 Å². The molecule has 1 saturated heterocycles. The Morgan fingerprint density at radius 2 is 2.06 bits per heavy atom. The minimum Gasteiger partial charge on any atom is -0.497 e. The third kappa shape index (κ3) is 4.06. The lowest BCUT2D eigenvalue weighted by atomic mass is 9.97. The van der Waals surface area contributed by atoms with Crippen LogP contribution in [-0.4, -0.2) is 41.0 Å². The van der Waals surface area contributed by atoms with Gasteiger partial charge in [0.2, 0.25) is 0 Å². The normalized spacial score (nSPS) is 16.5. The molecule has 1 aliphatic rings. The lowest BCUT2D eigenvalue weighted by Crippen LogP contribution is -2.39. The van der Waals surface area contributed by atoms with Gasteiger partial charge in [0, 0.05) is 30.4 Å². The van der Waals surface area contributed by atoms with E-state index < -0.39 is 0 Å². The number of H-pyrrole nitrogens is 1. The topological polar surface area (TPSA) is 71.4 Å². The largest absolute Gasteiger partial charge is 0.497 e. The molecule has 1 amide bonds. The van der Waals surface area contributed by atoms with Crippen LogP contribution in [0, 0.1) is 0 Å². The second-order valence-corrected chi connectivity index (χ2v) is 8.05. The second-order valence-electron chi connectivity index (χ2n) is 8.05. The van der Waals surface area contributed by atoms with Crippen LogP contribution in [0.1, 0.15) is 46.5 Å². The first-order valence-electron chi connectivity index (χ1n) is 10.6. The summed E-state index contributed by atoms with van der Waals surface area (Å²) in [6.45, 7) is 1.38. The van der Waals surface area contributed by atoms with E-state index in [1.54, 1.807) is 13.3 Å². The van der Waals surface area contributed by atoms with Crippen LogP contribution < -0.4 is 4.74 Å². The number of ether oxygens (including phenoxy) is 1. The van der Waals surface area contributed by atoms with Crippen molar-refractivity contribution in [1.82, 2.24) is 14.9 Å². The van der Waals surface area contributed by atoms with Gasteiger partial charge in [-0.3, -0.25) is 4.79 Å². The summed E-state index contributed by atoms with van der Waals surface area (Å²) in [6.07, 6.45) is 4.39. The highest BCUT2D eigenvalue weighted by Crippen LogP contribution is 2.28. The molecule has 0 spiro atoms. The standard InChI is InChI=1S/C25H25N3O3/c1-30-20-10-8-17(9-11-20)13-21-15-26-24(31-21)19-6-4-12-28(16-19)25(29)23-14-18-5-2-3-7-22(18)27-23/h2-3,5,7-11,14-15,19,27H,4,6,12-13,16H2,1H3/t19-/m1/s1. The third-order valence-electron chi connectivity index (χ3n) is 5.93. The number of nitrogens with zero attached hydrogens (tertiary/aromatic N) is 2. The molecule has 1 fully saturated rings. The fourth-order valence-corrected chi connectivity index (χ4v) is 4.26. The molecule has 6 nitrogen and oxygen atoms in total. The van der Waals surface area contributed by atoms with Crippen LogP contribution in [0.5, 0.6) is 5.75 Å². The van der Waals surface area contributed by atoms with Crippen LogP contribution in [0.15, 0.2) is 65.2 Å². The van der Waals surface area contributed by atoms with Crippen molar-refractivity contribution in [3.63, 3.8) is 0 Å². The number of rotatable bonds is 5. The van der Waals surface area contributed by atoms with Gasteiger partial charge in [-0.2, -0.15) is 0 Å². The number of amides is 1. The summed E-state index contributed by atoms with van der Waals surface area (Å²) in [4.78, 5) is 22.8. The van der Waals surface area contributed by atoms with Crippen molar-refractivity contribution < 1.29 is 13.9 Å². The molecule has 31 heavy (non-hydrogen) atoms. The van der Waals surface area contributed by atoms with E-state index in [2.05, 4.69) is 9.97 Å². The van der Waals surface area contributed by atoms with E-state index in [4.69, 9.17) is 9.15 Å². The average Bonchev–Trinajstić information content (AvgIpc) is 3.46. The van der Waals surface area contributed by atoms with Gasteiger partial charge in [0.1, 0.15) is 17.2 Å². The molecule has 5 rings (SSSR count). The van der Waals surface area contributed by atoms with Gasteiger partial charge in [-0.05, 0) is 42.7 Å². The fourth-order valence-electron chi connectivity index (χ4n) is 4.26. The van der Waals surface area contributed by atoms with Gasteiger partial charge in [0.05, 0.1) is 19.2 Å². The maximum atomic E-state index is 13.1. The highest BCUT2D eigenvalue weighted by Gasteiger charge is 2.29.